The summed E-state index contributed by atoms with van der Waals surface area (Å²) < 4.78 is 23.3. The maximum Gasteiger partial charge on any atom is 0.329 e. The lowest BCUT2D eigenvalue weighted by atomic mass is 9.92. The number of carbonyl (C=O) groups is 2. The van der Waals surface area contributed by atoms with Crippen LogP contribution >= 0.6 is 11.8 Å². The predicted octanol–water partition coefficient (Wildman–Crippen LogP) is -0.656. The van der Waals surface area contributed by atoms with Gasteiger partial charge in [0.25, 0.3) is 0 Å². The zero-order valence-electron chi connectivity index (χ0n) is 10.9. The van der Waals surface area contributed by atoms with Crippen molar-refractivity contribution in [2.24, 2.45) is 0 Å². The molecule has 1 aliphatic rings. The molecule has 1 aliphatic heterocycles. The van der Waals surface area contributed by atoms with Crippen LogP contribution in [0.2, 0.25) is 0 Å². The fraction of sp³-hybridized carbons (Fsp3) is 0.800. The van der Waals surface area contributed by atoms with E-state index in [1.165, 1.54) is 7.05 Å². The fourth-order valence-corrected chi connectivity index (χ4v) is 3.28. The Morgan fingerprint density at radius 3 is 2.32 bits per heavy atom. The number of hydrogen-bond donors (Lipinski definition) is 2. The Kier molecular flexibility index (Phi) is 5.22. The summed E-state index contributed by atoms with van der Waals surface area (Å²) in [6, 6.07) is 0. The highest BCUT2D eigenvalue weighted by molar-refractivity contribution is 7.99. The smallest absolute Gasteiger partial charge is 0.329 e. The van der Waals surface area contributed by atoms with E-state index in [1.807, 2.05) is 0 Å². The van der Waals surface area contributed by atoms with Gasteiger partial charge in [-0.25, -0.2) is 13.2 Å². The lowest BCUT2D eigenvalue weighted by Gasteiger charge is -2.34. The molecule has 0 saturated carbocycles. The third-order valence-corrected chi connectivity index (χ3v) is 5.31. The van der Waals surface area contributed by atoms with Crippen LogP contribution in [-0.2, 0) is 19.6 Å². The van der Waals surface area contributed by atoms with Crippen molar-refractivity contribution in [3.63, 3.8) is 0 Å². The minimum absolute atomic E-state index is 0.349. The molecule has 0 aromatic rings. The highest BCUT2D eigenvalue weighted by atomic mass is 32.2. The zero-order chi connectivity index (χ0) is 14.7. The molecule has 7 nitrogen and oxygen atoms in total. The number of carboxylic acids is 1. The highest BCUT2D eigenvalue weighted by Crippen LogP contribution is 2.27. The number of carboxylic acid groups (broad SMARTS) is 1. The van der Waals surface area contributed by atoms with Gasteiger partial charge in [-0.2, -0.15) is 16.1 Å². The third kappa shape index (κ3) is 4.36. The van der Waals surface area contributed by atoms with Crippen LogP contribution in [0.25, 0.3) is 0 Å². The first-order chi connectivity index (χ1) is 8.67. The molecular formula is C10H18N2O5S2. The monoisotopic (exact) mass is 310 g/mol. The van der Waals surface area contributed by atoms with E-state index in [0.717, 1.165) is 10.6 Å². The number of thioether (sulfide) groups is 1. The van der Waals surface area contributed by atoms with Gasteiger partial charge in [-0.3, -0.25) is 4.79 Å². The van der Waals surface area contributed by atoms with E-state index >= 15 is 0 Å². The van der Waals surface area contributed by atoms with Crippen molar-refractivity contribution < 1.29 is 23.1 Å². The number of nitrogens with zero attached hydrogens (tertiary/aromatic N) is 1. The standard InChI is InChI=1S/C10H18N2O5S2/c1-12(19(2,16)17)7-8(13)11-10(9(14)15)3-5-18-6-4-10/h3-7H2,1-2H3,(H,11,13)(H,14,15). The molecule has 0 atom stereocenters. The minimum Gasteiger partial charge on any atom is -0.480 e. The topological polar surface area (TPSA) is 104 Å². The zero-order valence-corrected chi connectivity index (χ0v) is 12.5. The Bertz CT molecular complexity index is 457. The van der Waals surface area contributed by atoms with Gasteiger partial charge in [0.15, 0.2) is 0 Å². The van der Waals surface area contributed by atoms with Gasteiger partial charge in [0.2, 0.25) is 15.9 Å². The van der Waals surface area contributed by atoms with E-state index in [2.05, 4.69) is 5.32 Å². The number of amides is 1. The Morgan fingerprint density at radius 2 is 1.89 bits per heavy atom. The third-order valence-electron chi connectivity index (χ3n) is 3.07. The van der Waals surface area contributed by atoms with E-state index in [9.17, 15) is 23.1 Å². The number of sulfonamides is 1. The summed E-state index contributed by atoms with van der Waals surface area (Å²) in [6.07, 6.45) is 1.69. The maximum absolute atomic E-state index is 11.8. The molecule has 0 spiro atoms. The summed E-state index contributed by atoms with van der Waals surface area (Å²) in [6.45, 7) is -0.374. The van der Waals surface area contributed by atoms with Crippen LogP contribution < -0.4 is 5.32 Å². The summed E-state index contributed by atoms with van der Waals surface area (Å²) in [5.74, 6) is -0.339. The number of likely N-dealkylation sites (N-methyl/N-ethyl adjacent to an activating group) is 1. The van der Waals surface area contributed by atoms with Gasteiger partial charge >= 0.3 is 5.97 Å². The number of nitrogens with one attached hydrogen (secondary N) is 1. The Hall–Kier alpha value is -0.800. The molecule has 1 fully saturated rings. The number of hydrogen-bond acceptors (Lipinski definition) is 5. The van der Waals surface area contributed by atoms with E-state index in [-0.39, 0.29) is 6.54 Å². The van der Waals surface area contributed by atoms with Crippen molar-refractivity contribution in [2.45, 2.75) is 18.4 Å². The SMILES string of the molecule is CN(CC(=O)NC1(C(=O)O)CCSCC1)S(C)(=O)=O. The summed E-state index contributed by atoms with van der Waals surface area (Å²) >= 11 is 1.64. The van der Waals surface area contributed by atoms with Gasteiger partial charge in [-0.05, 0) is 24.3 Å². The summed E-state index contributed by atoms with van der Waals surface area (Å²) in [4.78, 5) is 23.1. The van der Waals surface area contributed by atoms with Crippen LogP contribution in [0.5, 0.6) is 0 Å². The molecule has 9 heteroatoms. The number of rotatable bonds is 5. The molecule has 1 amide bonds. The summed E-state index contributed by atoms with van der Waals surface area (Å²) in [5, 5.41) is 11.8. The molecule has 110 valence electrons. The molecule has 1 heterocycles. The van der Waals surface area contributed by atoms with Crippen molar-refractivity contribution in [2.75, 3.05) is 31.4 Å². The first-order valence-electron chi connectivity index (χ1n) is 5.71. The quantitative estimate of drug-likeness (QED) is 0.699. The van der Waals surface area contributed by atoms with Gasteiger partial charge in [0.1, 0.15) is 5.54 Å². The van der Waals surface area contributed by atoms with Crippen LogP contribution in [0.3, 0.4) is 0 Å². The van der Waals surface area contributed by atoms with Gasteiger partial charge in [-0.1, -0.05) is 0 Å². The minimum atomic E-state index is -3.46. The van der Waals surface area contributed by atoms with Crippen molar-refractivity contribution in [1.29, 1.82) is 0 Å². The molecule has 1 rings (SSSR count). The molecule has 0 aromatic heterocycles. The number of carbonyl (C=O) groups excluding carboxylic acids is 1. The van der Waals surface area contributed by atoms with Crippen molar-refractivity contribution in [3.05, 3.63) is 0 Å². The predicted molar refractivity (Wildman–Crippen MR) is 72.5 cm³/mol. The second-order valence-electron chi connectivity index (χ2n) is 4.57. The maximum atomic E-state index is 11.8. The molecule has 2 N–H and O–H groups in total. The number of aliphatic carboxylic acids is 1. The van der Waals surface area contributed by atoms with E-state index in [4.69, 9.17) is 0 Å². The molecule has 1 saturated heterocycles. The van der Waals surface area contributed by atoms with E-state index < -0.39 is 27.4 Å². The van der Waals surface area contributed by atoms with Gasteiger partial charge in [-0.15, -0.1) is 0 Å². The average Bonchev–Trinajstić information content (AvgIpc) is 2.28. The Labute approximate surface area is 116 Å². The highest BCUT2D eigenvalue weighted by Gasteiger charge is 2.41. The molecular weight excluding hydrogens is 292 g/mol. The first kappa shape index (κ1) is 16.3. The molecule has 0 aromatic carbocycles. The molecule has 19 heavy (non-hydrogen) atoms. The van der Waals surface area contributed by atoms with Gasteiger partial charge < -0.3 is 10.4 Å². The molecule has 0 bridgehead atoms. The fourth-order valence-electron chi connectivity index (χ4n) is 1.74. The van der Waals surface area contributed by atoms with Crippen LogP contribution in [0.4, 0.5) is 0 Å². The van der Waals surface area contributed by atoms with Gasteiger partial charge in [0, 0.05) is 7.05 Å². The van der Waals surface area contributed by atoms with Crippen molar-refractivity contribution in [3.8, 4) is 0 Å². The average molecular weight is 310 g/mol. The van der Waals surface area contributed by atoms with Crippen LogP contribution in [-0.4, -0.2) is 66.6 Å². The van der Waals surface area contributed by atoms with Crippen molar-refractivity contribution in [1.82, 2.24) is 9.62 Å². The first-order valence-corrected chi connectivity index (χ1v) is 8.71. The molecule has 0 unspecified atom stereocenters. The molecule has 0 aliphatic carbocycles. The van der Waals surface area contributed by atoms with Gasteiger partial charge in [0.05, 0.1) is 12.8 Å². The second-order valence-corrected chi connectivity index (χ2v) is 7.88. The second kappa shape index (κ2) is 6.10. The van der Waals surface area contributed by atoms with Crippen LogP contribution in [0.1, 0.15) is 12.8 Å². The van der Waals surface area contributed by atoms with Crippen LogP contribution in [0.15, 0.2) is 0 Å². The Morgan fingerprint density at radius 1 is 1.37 bits per heavy atom. The summed E-state index contributed by atoms with van der Waals surface area (Å²) in [5.41, 5.74) is -1.26. The molecule has 0 radical (unpaired) electrons. The van der Waals surface area contributed by atoms with Crippen molar-refractivity contribution >= 4 is 33.7 Å². The van der Waals surface area contributed by atoms with E-state index in [0.29, 0.717) is 24.3 Å². The summed E-state index contributed by atoms with van der Waals surface area (Å²) in [7, 11) is -2.18. The van der Waals surface area contributed by atoms with Crippen LogP contribution in [0, 0.1) is 0 Å². The lowest BCUT2D eigenvalue weighted by molar-refractivity contribution is -0.148. The Balaban J connectivity index is 2.70. The normalized spacial score (nSPS) is 19.1. The lowest BCUT2D eigenvalue weighted by Crippen LogP contribution is -2.58. The van der Waals surface area contributed by atoms with E-state index in [1.54, 1.807) is 11.8 Å². The largest absolute Gasteiger partial charge is 0.480 e.